The molecule has 0 atom stereocenters. The van der Waals surface area contributed by atoms with E-state index in [9.17, 15) is 14.4 Å². The van der Waals surface area contributed by atoms with E-state index >= 15 is 0 Å². The number of ether oxygens (including phenoxy) is 1. The van der Waals surface area contributed by atoms with E-state index in [1.807, 2.05) is 42.5 Å². The molecule has 0 aliphatic carbocycles. The van der Waals surface area contributed by atoms with Crippen LogP contribution in [0.3, 0.4) is 0 Å². The van der Waals surface area contributed by atoms with Crippen molar-refractivity contribution in [2.24, 2.45) is 0 Å². The summed E-state index contributed by atoms with van der Waals surface area (Å²) in [5.74, 6) is -1.21. The van der Waals surface area contributed by atoms with E-state index in [-0.39, 0.29) is 30.3 Å². The largest absolute Gasteiger partial charge is 0.454 e. The van der Waals surface area contributed by atoms with Crippen LogP contribution in [0.15, 0.2) is 97.1 Å². The van der Waals surface area contributed by atoms with Gasteiger partial charge in [0.2, 0.25) is 5.91 Å². The van der Waals surface area contributed by atoms with Gasteiger partial charge in [-0.1, -0.05) is 84.9 Å². The predicted molar refractivity (Wildman–Crippen MR) is 124 cm³/mol. The summed E-state index contributed by atoms with van der Waals surface area (Å²) in [6.07, 6.45) is 0.164. The molecule has 0 fully saturated rings. The molecule has 0 saturated carbocycles. The Morgan fingerprint density at radius 3 is 2.25 bits per heavy atom. The van der Waals surface area contributed by atoms with Crippen LogP contribution in [0.5, 0.6) is 0 Å². The molecule has 0 saturated heterocycles. The first-order valence-electron chi connectivity index (χ1n) is 10.2. The van der Waals surface area contributed by atoms with E-state index < -0.39 is 5.97 Å². The molecule has 4 aromatic rings. The van der Waals surface area contributed by atoms with E-state index in [1.54, 1.807) is 54.6 Å². The third-order valence-corrected chi connectivity index (χ3v) is 5.08. The molecule has 0 aliphatic heterocycles. The molecule has 158 valence electrons. The van der Waals surface area contributed by atoms with Gasteiger partial charge < -0.3 is 10.1 Å². The van der Waals surface area contributed by atoms with Gasteiger partial charge >= 0.3 is 5.97 Å². The Morgan fingerprint density at radius 1 is 0.719 bits per heavy atom. The first kappa shape index (κ1) is 21.0. The molecule has 1 amide bonds. The summed E-state index contributed by atoms with van der Waals surface area (Å²) in [5.41, 5.74) is 1.90. The maximum Gasteiger partial charge on any atom is 0.340 e. The van der Waals surface area contributed by atoms with Gasteiger partial charge in [-0.05, 0) is 28.5 Å². The molecular weight excluding hydrogens is 402 g/mol. The highest BCUT2D eigenvalue weighted by Gasteiger charge is 2.17. The fourth-order valence-electron chi connectivity index (χ4n) is 3.50. The molecule has 5 nitrogen and oxygen atoms in total. The number of carbonyl (C=O) groups excluding carboxylic acids is 3. The summed E-state index contributed by atoms with van der Waals surface area (Å²) in [6, 6.07) is 28.9. The number of anilines is 1. The smallest absolute Gasteiger partial charge is 0.340 e. The minimum Gasteiger partial charge on any atom is -0.454 e. The lowest BCUT2D eigenvalue weighted by atomic mass is 10.0. The van der Waals surface area contributed by atoms with Crippen molar-refractivity contribution in [1.82, 2.24) is 0 Å². The highest BCUT2D eigenvalue weighted by molar-refractivity contribution is 6.04. The van der Waals surface area contributed by atoms with Crippen LogP contribution in [0, 0.1) is 0 Å². The first-order valence-corrected chi connectivity index (χ1v) is 10.2. The number of hydrogen-bond acceptors (Lipinski definition) is 4. The van der Waals surface area contributed by atoms with Crippen LogP contribution < -0.4 is 5.32 Å². The summed E-state index contributed by atoms with van der Waals surface area (Å²) < 4.78 is 5.20. The summed E-state index contributed by atoms with van der Waals surface area (Å²) in [4.78, 5) is 37.5. The number of esters is 1. The lowest BCUT2D eigenvalue weighted by molar-refractivity contribution is -0.115. The highest BCUT2D eigenvalue weighted by Crippen LogP contribution is 2.21. The molecule has 0 radical (unpaired) electrons. The Bertz CT molecular complexity index is 1280. The summed E-state index contributed by atoms with van der Waals surface area (Å²) in [6.45, 7) is -0.374. The van der Waals surface area contributed by atoms with Crippen LogP contribution in [-0.2, 0) is 16.0 Å². The monoisotopic (exact) mass is 423 g/mol. The molecule has 0 heterocycles. The second-order valence-corrected chi connectivity index (χ2v) is 7.27. The first-order chi connectivity index (χ1) is 15.6. The second kappa shape index (κ2) is 9.71. The van der Waals surface area contributed by atoms with E-state index in [1.165, 1.54) is 0 Å². The maximum atomic E-state index is 12.7. The van der Waals surface area contributed by atoms with Crippen LogP contribution in [0.25, 0.3) is 10.8 Å². The lowest BCUT2D eigenvalue weighted by Gasteiger charge is -2.12. The molecule has 0 bridgehead atoms. The Morgan fingerprint density at radius 2 is 1.41 bits per heavy atom. The number of rotatable bonds is 7. The van der Waals surface area contributed by atoms with Gasteiger partial charge in [-0.25, -0.2) is 4.79 Å². The van der Waals surface area contributed by atoms with Crippen molar-refractivity contribution in [2.75, 3.05) is 11.9 Å². The average molecular weight is 423 g/mol. The van der Waals surface area contributed by atoms with Gasteiger partial charge in [-0.3, -0.25) is 9.59 Å². The van der Waals surface area contributed by atoms with Crippen molar-refractivity contribution in [1.29, 1.82) is 0 Å². The molecule has 5 heteroatoms. The Balaban J connectivity index is 1.44. The molecule has 0 aromatic heterocycles. The minimum atomic E-state index is -0.671. The molecule has 32 heavy (non-hydrogen) atoms. The maximum absolute atomic E-state index is 12.7. The van der Waals surface area contributed by atoms with E-state index in [0.717, 1.165) is 16.3 Å². The third-order valence-electron chi connectivity index (χ3n) is 5.08. The fourth-order valence-corrected chi connectivity index (χ4v) is 3.50. The van der Waals surface area contributed by atoms with Crippen molar-refractivity contribution in [3.63, 3.8) is 0 Å². The zero-order chi connectivity index (χ0) is 22.3. The number of ketones is 1. The third kappa shape index (κ3) is 4.90. The van der Waals surface area contributed by atoms with Crippen molar-refractivity contribution in [2.45, 2.75) is 6.42 Å². The van der Waals surface area contributed by atoms with E-state index in [0.29, 0.717) is 11.3 Å². The predicted octanol–water partition coefficient (Wildman–Crippen LogP) is 5.06. The zero-order valence-electron chi connectivity index (χ0n) is 17.3. The molecule has 0 unspecified atom stereocenters. The summed E-state index contributed by atoms with van der Waals surface area (Å²) in [7, 11) is 0. The van der Waals surface area contributed by atoms with Crippen molar-refractivity contribution in [3.8, 4) is 0 Å². The van der Waals surface area contributed by atoms with Crippen LogP contribution in [-0.4, -0.2) is 24.3 Å². The van der Waals surface area contributed by atoms with Gasteiger partial charge in [-0.15, -0.1) is 0 Å². The van der Waals surface area contributed by atoms with Gasteiger partial charge in [0.1, 0.15) is 0 Å². The number of Topliss-reactive ketones (excluding diaryl/α,β-unsaturated/α-hetero) is 1. The van der Waals surface area contributed by atoms with Gasteiger partial charge in [0.05, 0.1) is 17.7 Å². The number of carbonyl (C=O) groups is 3. The fraction of sp³-hybridized carbons (Fsp3) is 0.0741. The number of para-hydroxylation sites is 1. The number of hydrogen-bond donors (Lipinski definition) is 1. The van der Waals surface area contributed by atoms with Gasteiger partial charge in [0.25, 0.3) is 0 Å². The SMILES string of the molecule is O=C(Cc1cccc2ccccc12)Nc1ccccc1C(=O)OCC(=O)c1ccccc1. The number of amides is 1. The second-order valence-electron chi connectivity index (χ2n) is 7.27. The number of fused-ring (bicyclic) bond motifs is 1. The van der Waals surface area contributed by atoms with Gasteiger partial charge in [-0.2, -0.15) is 0 Å². The Hall–Kier alpha value is -4.25. The molecular formula is C27H21NO4. The van der Waals surface area contributed by atoms with Crippen molar-refractivity contribution in [3.05, 3.63) is 114 Å². The Labute approximate surface area is 185 Å². The van der Waals surface area contributed by atoms with Crippen molar-refractivity contribution >= 4 is 34.1 Å². The molecule has 1 N–H and O–H groups in total. The quantitative estimate of drug-likeness (QED) is 0.333. The normalized spacial score (nSPS) is 10.5. The topological polar surface area (TPSA) is 72.5 Å². The minimum absolute atomic E-state index is 0.164. The number of benzene rings is 4. The number of nitrogens with one attached hydrogen (secondary N) is 1. The van der Waals surface area contributed by atoms with Crippen molar-refractivity contribution < 1.29 is 19.1 Å². The summed E-state index contributed by atoms with van der Waals surface area (Å²) >= 11 is 0. The van der Waals surface area contributed by atoms with Crippen LogP contribution >= 0.6 is 0 Å². The van der Waals surface area contributed by atoms with Crippen LogP contribution in [0.2, 0.25) is 0 Å². The van der Waals surface area contributed by atoms with Gasteiger partial charge in [0.15, 0.2) is 12.4 Å². The zero-order valence-corrected chi connectivity index (χ0v) is 17.3. The van der Waals surface area contributed by atoms with E-state index in [2.05, 4.69) is 5.32 Å². The van der Waals surface area contributed by atoms with E-state index in [4.69, 9.17) is 4.74 Å². The highest BCUT2D eigenvalue weighted by atomic mass is 16.5. The van der Waals surface area contributed by atoms with Crippen LogP contribution in [0.1, 0.15) is 26.3 Å². The van der Waals surface area contributed by atoms with Crippen LogP contribution in [0.4, 0.5) is 5.69 Å². The molecule has 4 aromatic carbocycles. The standard InChI is InChI=1S/C27H21NO4/c29-25(20-10-2-1-3-11-20)18-32-27(31)23-15-6-7-16-24(23)28-26(30)17-21-13-8-12-19-9-4-5-14-22(19)21/h1-16H,17-18H2,(H,28,30). The average Bonchev–Trinajstić information content (AvgIpc) is 2.83. The van der Waals surface area contributed by atoms with Gasteiger partial charge in [0, 0.05) is 5.56 Å². The lowest BCUT2D eigenvalue weighted by Crippen LogP contribution is -2.19. The Kier molecular flexibility index (Phi) is 6.37. The molecule has 4 rings (SSSR count). The summed E-state index contributed by atoms with van der Waals surface area (Å²) in [5, 5.41) is 4.87. The molecule has 0 spiro atoms. The molecule has 0 aliphatic rings.